The number of rotatable bonds is 3. The minimum absolute atomic E-state index is 0.00304. The van der Waals surface area contributed by atoms with Crippen molar-refractivity contribution < 1.29 is 23.6 Å². The molecule has 1 aromatic heterocycles. The van der Waals surface area contributed by atoms with E-state index in [1.54, 1.807) is 30.3 Å². The number of imidazole rings is 1. The maximum atomic E-state index is 11.6. The molecule has 92 valence electrons. The highest BCUT2D eigenvalue weighted by atomic mass is 32.1. The van der Waals surface area contributed by atoms with Crippen molar-refractivity contribution >= 4 is 30.3 Å². The Morgan fingerprint density at radius 3 is 2.24 bits per heavy atom. The molecule has 0 radical (unpaired) electrons. The van der Waals surface area contributed by atoms with E-state index in [0.29, 0.717) is 0 Å². The zero-order valence-corrected chi connectivity index (χ0v) is 10.6. The van der Waals surface area contributed by atoms with E-state index in [1.165, 1.54) is 18.8 Å². The fourth-order valence-corrected chi connectivity index (χ4v) is 1.49. The SMILES string of the molecule is COC(=O)/C(S)=C(\C(=O)OC)n1cc[n+](C)c1. The highest BCUT2D eigenvalue weighted by Crippen LogP contribution is 2.16. The molecular weight excluding hydrogens is 244 g/mol. The molecule has 0 amide bonds. The summed E-state index contributed by atoms with van der Waals surface area (Å²) in [6.45, 7) is 0. The average molecular weight is 257 g/mol. The summed E-state index contributed by atoms with van der Waals surface area (Å²) in [7, 11) is 4.22. The van der Waals surface area contributed by atoms with E-state index in [1.807, 2.05) is 0 Å². The number of nitrogens with zero attached hydrogens (tertiary/aromatic N) is 2. The van der Waals surface area contributed by atoms with Crippen LogP contribution in [0.1, 0.15) is 0 Å². The van der Waals surface area contributed by atoms with Crippen molar-refractivity contribution in [2.45, 2.75) is 0 Å². The third-order valence-corrected chi connectivity index (χ3v) is 2.40. The van der Waals surface area contributed by atoms with Gasteiger partial charge in [-0.15, -0.1) is 12.6 Å². The Hall–Kier alpha value is -1.76. The van der Waals surface area contributed by atoms with Gasteiger partial charge in [0.05, 0.1) is 21.3 Å². The predicted octanol–water partition coefficient (Wildman–Crippen LogP) is -0.243. The molecule has 6 nitrogen and oxygen atoms in total. The van der Waals surface area contributed by atoms with Crippen molar-refractivity contribution in [2.24, 2.45) is 7.05 Å². The van der Waals surface area contributed by atoms with Crippen LogP contribution >= 0.6 is 12.6 Å². The third-order valence-electron chi connectivity index (χ3n) is 2.01. The summed E-state index contributed by atoms with van der Waals surface area (Å²) in [5, 5.41) is 0. The first-order valence-electron chi connectivity index (χ1n) is 4.64. The van der Waals surface area contributed by atoms with Crippen LogP contribution in [0.15, 0.2) is 23.6 Å². The zero-order valence-electron chi connectivity index (χ0n) is 9.71. The van der Waals surface area contributed by atoms with E-state index >= 15 is 0 Å². The number of carbonyl (C=O) groups is 2. The molecule has 0 spiro atoms. The molecular formula is C10H13N2O4S+. The standard InChI is InChI=1S/C10H12N2O4S/c1-11-4-5-12(6-11)7(9(13)15-2)8(17)10(14)16-3/h4-6H,1-3H3/p+1. The maximum Gasteiger partial charge on any atom is 0.380 e. The Kier molecular flexibility index (Phi) is 4.33. The molecule has 0 fully saturated rings. The summed E-state index contributed by atoms with van der Waals surface area (Å²) in [4.78, 5) is 22.9. The van der Waals surface area contributed by atoms with E-state index in [9.17, 15) is 9.59 Å². The van der Waals surface area contributed by atoms with Crippen molar-refractivity contribution in [3.05, 3.63) is 23.6 Å². The lowest BCUT2D eigenvalue weighted by Crippen LogP contribution is -2.24. The van der Waals surface area contributed by atoms with Gasteiger partial charge in [0.25, 0.3) is 0 Å². The Balaban J connectivity index is 3.31. The molecule has 0 bridgehead atoms. The van der Waals surface area contributed by atoms with Crippen LogP contribution in [-0.2, 0) is 26.1 Å². The van der Waals surface area contributed by atoms with E-state index in [0.717, 1.165) is 0 Å². The summed E-state index contributed by atoms with van der Waals surface area (Å²) in [6, 6.07) is 0. The topological polar surface area (TPSA) is 61.4 Å². The van der Waals surface area contributed by atoms with Crippen molar-refractivity contribution in [3.8, 4) is 0 Å². The van der Waals surface area contributed by atoms with E-state index in [2.05, 4.69) is 22.1 Å². The van der Waals surface area contributed by atoms with Gasteiger partial charge < -0.3 is 9.47 Å². The Labute approximate surface area is 104 Å². The lowest BCUT2D eigenvalue weighted by atomic mass is 10.4. The monoisotopic (exact) mass is 257 g/mol. The van der Waals surface area contributed by atoms with E-state index in [-0.39, 0.29) is 10.6 Å². The second-order valence-corrected chi connectivity index (χ2v) is 3.61. The van der Waals surface area contributed by atoms with Crippen LogP contribution < -0.4 is 4.57 Å². The molecule has 1 rings (SSSR count). The highest BCUT2D eigenvalue weighted by Gasteiger charge is 2.26. The van der Waals surface area contributed by atoms with Gasteiger partial charge in [0.1, 0.15) is 17.3 Å². The number of aromatic nitrogens is 2. The first-order valence-corrected chi connectivity index (χ1v) is 5.09. The second-order valence-electron chi connectivity index (χ2n) is 3.17. The molecule has 0 saturated carbocycles. The fourth-order valence-electron chi connectivity index (χ4n) is 1.20. The second kappa shape index (κ2) is 5.53. The quantitative estimate of drug-likeness (QED) is 0.351. The molecule has 0 aliphatic rings. The molecule has 0 atom stereocenters. The number of ether oxygens (including phenoxy) is 2. The molecule has 1 heterocycles. The zero-order chi connectivity index (χ0) is 13.0. The van der Waals surface area contributed by atoms with Gasteiger partial charge in [0.2, 0.25) is 12.0 Å². The predicted molar refractivity (Wildman–Crippen MR) is 61.8 cm³/mol. The van der Waals surface area contributed by atoms with Crippen LogP contribution in [0.3, 0.4) is 0 Å². The smallest absolute Gasteiger partial charge is 0.380 e. The van der Waals surface area contributed by atoms with Gasteiger partial charge in [-0.3, -0.25) is 0 Å². The largest absolute Gasteiger partial charge is 0.465 e. The minimum Gasteiger partial charge on any atom is -0.465 e. The maximum absolute atomic E-state index is 11.6. The fraction of sp³-hybridized carbons (Fsp3) is 0.300. The number of methoxy groups -OCH3 is 2. The van der Waals surface area contributed by atoms with Crippen molar-refractivity contribution in [1.29, 1.82) is 0 Å². The van der Waals surface area contributed by atoms with Crippen LogP contribution in [0.2, 0.25) is 0 Å². The van der Waals surface area contributed by atoms with Gasteiger partial charge in [-0.25, -0.2) is 14.2 Å². The molecule has 0 saturated heterocycles. The summed E-state index contributed by atoms with van der Waals surface area (Å²) < 4.78 is 12.3. The number of carbonyl (C=O) groups excluding carboxylic acids is 2. The van der Waals surface area contributed by atoms with E-state index < -0.39 is 11.9 Å². The van der Waals surface area contributed by atoms with Gasteiger partial charge in [-0.2, -0.15) is 4.57 Å². The van der Waals surface area contributed by atoms with E-state index in [4.69, 9.17) is 0 Å². The van der Waals surface area contributed by atoms with Gasteiger partial charge in [-0.1, -0.05) is 0 Å². The Morgan fingerprint density at radius 1 is 1.24 bits per heavy atom. The van der Waals surface area contributed by atoms with Crippen molar-refractivity contribution in [2.75, 3.05) is 14.2 Å². The number of aryl methyl sites for hydroxylation is 1. The molecule has 7 heteroatoms. The molecule has 1 aromatic rings. The number of esters is 2. The van der Waals surface area contributed by atoms with Crippen LogP contribution in [0.4, 0.5) is 0 Å². The summed E-state index contributed by atoms with van der Waals surface area (Å²) in [5.74, 6) is -1.37. The Morgan fingerprint density at radius 2 is 1.82 bits per heavy atom. The first kappa shape index (κ1) is 13.3. The number of hydrogen-bond acceptors (Lipinski definition) is 5. The third kappa shape index (κ3) is 2.88. The first-order chi connectivity index (χ1) is 8.01. The minimum atomic E-state index is -0.704. The van der Waals surface area contributed by atoms with Gasteiger partial charge >= 0.3 is 11.9 Å². The van der Waals surface area contributed by atoms with Crippen LogP contribution in [0, 0.1) is 0 Å². The Bertz CT molecular complexity index is 478. The molecule has 0 unspecified atom stereocenters. The molecule has 0 aromatic carbocycles. The van der Waals surface area contributed by atoms with Gasteiger partial charge in [0, 0.05) is 0 Å². The lowest BCUT2D eigenvalue weighted by molar-refractivity contribution is -0.670. The van der Waals surface area contributed by atoms with Crippen molar-refractivity contribution in [1.82, 2.24) is 4.57 Å². The number of thiol groups is 1. The number of hydrogen-bond donors (Lipinski definition) is 1. The summed E-state index contributed by atoms with van der Waals surface area (Å²) in [6.07, 6.45) is 4.91. The van der Waals surface area contributed by atoms with Crippen LogP contribution in [0.25, 0.3) is 5.70 Å². The van der Waals surface area contributed by atoms with Gasteiger partial charge in [-0.05, 0) is 0 Å². The van der Waals surface area contributed by atoms with Crippen LogP contribution in [0.5, 0.6) is 0 Å². The average Bonchev–Trinajstić information content (AvgIpc) is 2.74. The molecule has 0 aliphatic carbocycles. The normalized spacial score (nSPS) is 11.8. The molecule has 17 heavy (non-hydrogen) atoms. The van der Waals surface area contributed by atoms with Crippen molar-refractivity contribution in [3.63, 3.8) is 0 Å². The highest BCUT2D eigenvalue weighted by molar-refractivity contribution is 7.86. The molecule has 0 N–H and O–H groups in total. The van der Waals surface area contributed by atoms with Gasteiger partial charge in [0.15, 0.2) is 0 Å². The van der Waals surface area contributed by atoms with Crippen LogP contribution in [-0.4, -0.2) is 30.7 Å². The molecule has 0 aliphatic heterocycles. The lowest BCUT2D eigenvalue weighted by Gasteiger charge is -2.04. The summed E-state index contributed by atoms with van der Waals surface area (Å²) >= 11 is 3.99. The summed E-state index contributed by atoms with van der Waals surface area (Å²) in [5.41, 5.74) is 0.00304.